The van der Waals surface area contributed by atoms with Gasteiger partial charge in [0.2, 0.25) is 0 Å². The Hall–Kier alpha value is -2.94. The molecule has 0 spiro atoms. The molecule has 1 aliphatic rings. The number of allylic oxidation sites excluding steroid dienone is 1. The highest BCUT2D eigenvalue weighted by Crippen LogP contribution is 2.38. The van der Waals surface area contributed by atoms with Crippen molar-refractivity contribution in [1.82, 2.24) is 4.98 Å². The van der Waals surface area contributed by atoms with Crippen molar-refractivity contribution < 1.29 is 9.90 Å². The Morgan fingerprint density at radius 2 is 1.76 bits per heavy atom. The van der Waals surface area contributed by atoms with Crippen molar-refractivity contribution in [2.45, 2.75) is 46.0 Å². The second-order valence-electron chi connectivity index (χ2n) is 9.19. The van der Waals surface area contributed by atoms with E-state index < -0.39 is 5.97 Å². The van der Waals surface area contributed by atoms with Gasteiger partial charge < -0.3 is 5.11 Å². The van der Waals surface area contributed by atoms with Crippen molar-refractivity contribution in [3.8, 4) is 0 Å². The molecular formula is C26H27NO2. The maximum absolute atomic E-state index is 12.1. The molecule has 148 valence electrons. The van der Waals surface area contributed by atoms with Crippen molar-refractivity contribution in [2.24, 2.45) is 5.92 Å². The predicted molar refractivity (Wildman–Crippen MR) is 119 cm³/mol. The molecule has 0 amide bonds. The number of carboxylic acids is 1. The molecule has 0 fully saturated rings. The summed E-state index contributed by atoms with van der Waals surface area (Å²) in [7, 11) is 0. The Kier molecular flexibility index (Phi) is 4.77. The SMILES string of the molecule is CC1C/C(=C/c2ccc(C(C)(C)C)cc2)c2nc3ccccc3c(C(=O)O)c2C1. The minimum absolute atomic E-state index is 0.120. The van der Waals surface area contributed by atoms with E-state index in [1.54, 1.807) is 0 Å². The largest absolute Gasteiger partial charge is 0.478 e. The van der Waals surface area contributed by atoms with E-state index in [2.05, 4.69) is 58.0 Å². The third-order valence-corrected chi connectivity index (χ3v) is 5.75. The van der Waals surface area contributed by atoms with Crippen LogP contribution in [0.5, 0.6) is 0 Å². The first-order valence-electron chi connectivity index (χ1n) is 10.2. The lowest BCUT2D eigenvalue weighted by atomic mass is 9.80. The molecule has 3 heteroatoms. The standard InChI is InChI=1S/C26H27NO2/c1-16-13-18(15-17-9-11-19(12-10-17)26(2,3)4)24-21(14-16)23(25(28)29)20-7-5-6-8-22(20)27-24/h5-12,15-16H,13-14H2,1-4H3,(H,28,29)/b18-15-. The summed E-state index contributed by atoms with van der Waals surface area (Å²) in [5.74, 6) is -0.494. The van der Waals surface area contributed by atoms with Crippen molar-refractivity contribution in [2.75, 3.05) is 0 Å². The van der Waals surface area contributed by atoms with Crippen LogP contribution in [0, 0.1) is 5.92 Å². The van der Waals surface area contributed by atoms with E-state index in [0.29, 0.717) is 11.5 Å². The summed E-state index contributed by atoms with van der Waals surface area (Å²) in [5, 5.41) is 10.7. The summed E-state index contributed by atoms with van der Waals surface area (Å²) >= 11 is 0. The normalized spacial score (nSPS) is 18.1. The fourth-order valence-electron chi connectivity index (χ4n) is 4.26. The molecule has 29 heavy (non-hydrogen) atoms. The van der Waals surface area contributed by atoms with E-state index in [1.807, 2.05) is 24.3 Å². The number of aromatic nitrogens is 1. The molecule has 0 saturated carbocycles. The number of hydrogen-bond acceptors (Lipinski definition) is 2. The van der Waals surface area contributed by atoms with Crippen LogP contribution in [-0.4, -0.2) is 16.1 Å². The van der Waals surface area contributed by atoms with Crippen molar-refractivity contribution in [1.29, 1.82) is 0 Å². The monoisotopic (exact) mass is 385 g/mol. The first-order valence-corrected chi connectivity index (χ1v) is 10.2. The molecule has 3 nitrogen and oxygen atoms in total. The van der Waals surface area contributed by atoms with Gasteiger partial charge in [-0.3, -0.25) is 0 Å². The van der Waals surface area contributed by atoms with Crippen LogP contribution >= 0.6 is 0 Å². The minimum Gasteiger partial charge on any atom is -0.478 e. The van der Waals surface area contributed by atoms with E-state index >= 15 is 0 Å². The highest BCUT2D eigenvalue weighted by atomic mass is 16.4. The van der Waals surface area contributed by atoms with Gasteiger partial charge in [0.1, 0.15) is 0 Å². The fraction of sp³-hybridized carbons (Fsp3) is 0.308. The molecule has 1 unspecified atom stereocenters. The molecule has 1 atom stereocenters. The van der Waals surface area contributed by atoms with Gasteiger partial charge in [-0.1, -0.05) is 70.2 Å². The number of nitrogens with zero attached hydrogens (tertiary/aromatic N) is 1. The molecule has 4 rings (SSSR count). The molecule has 1 N–H and O–H groups in total. The van der Waals surface area contributed by atoms with E-state index in [9.17, 15) is 9.90 Å². The lowest BCUT2D eigenvalue weighted by Crippen LogP contribution is -2.17. The van der Waals surface area contributed by atoms with Crippen LogP contribution in [0.25, 0.3) is 22.6 Å². The molecule has 0 radical (unpaired) electrons. The summed E-state index contributed by atoms with van der Waals surface area (Å²) in [5.41, 5.74) is 6.53. The average Bonchev–Trinajstić information content (AvgIpc) is 2.66. The van der Waals surface area contributed by atoms with Gasteiger partial charge in [-0.25, -0.2) is 9.78 Å². The lowest BCUT2D eigenvalue weighted by molar-refractivity contribution is 0.0697. The molecule has 3 aromatic rings. The average molecular weight is 386 g/mol. The first kappa shape index (κ1) is 19.4. The summed E-state index contributed by atoms with van der Waals surface area (Å²) in [6, 6.07) is 16.2. The van der Waals surface area contributed by atoms with Crippen LogP contribution in [0.3, 0.4) is 0 Å². The second kappa shape index (κ2) is 7.14. The van der Waals surface area contributed by atoms with Crippen molar-refractivity contribution in [3.05, 3.63) is 76.5 Å². The van der Waals surface area contributed by atoms with E-state index in [-0.39, 0.29) is 5.41 Å². The summed E-state index contributed by atoms with van der Waals surface area (Å²) < 4.78 is 0. The smallest absolute Gasteiger partial charge is 0.336 e. The Morgan fingerprint density at radius 1 is 1.07 bits per heavy atom. The van der Waals surface area contributed by atoms with Crippen molar-refractivity contribution in [3.63, 3.8) is 0 Å². The predicted octanol–water partition coefficient (Wildman–Crippen LogP) is 6.35. The van der Waals surface area contributed by atoms with Crippen molar-refractivity contribution >= 4 is 28.5 Å². The number of aromatic carboxylic acids is 1. The number of carbonyl (C=O) groups is 1. The topological polar surface area (TPSA) is 50.2 Å². The van der Waals surface area contributed by atoms with Crippen LogP contribution < -0.4 is 0 Å². The van der Waals surface area contributed by atoms with Gasteiger partial charge in [-0.2, -0.15) is 0 Å². The van der Waals surface area contributed by atoms with E-state index in [4.69, 9.17) is 4.98 Å². The Bertz CT molecular complexity index is 1120. The van der Waals surface area contributed by atoms with E-state index in [1.165, 1.54) is 5.56 Å². The van der Waals surface area contributed by atoms with Crippen LogP contribution in [0.15, 0.2) is 48.5 Å². The van der Waals surface area contributed by atoms with Crippen LogP contribution in [-0.2, 0) is 11.8 Å². The summed E-state index contributed by atoms with van der Waals surface area (Å²) in [6.07, 6.45) is 3.82. The first-order chi connectivity index (χ1) is 13.7. The molecule has 1 aliphatic carbocycles. The number of para-hydroxylation sites is 1. The number of fused-ring (bicyclic) bond motifs is 2. The van der Waals surface area contributed by atoms with Gasteiger partial charge in [0.05, 0.1) is 16.8 Å². The number of carboxylic acid groups (broad SMARTS) is 1. The van der Waals surface area contributed by atoms with Gasteiger partial charge in [-0.15, -0.1) is 0 Å². The number of rotatable bonds is 2. The molecular weight excluding hydrogens is 358 g/mol. The maximum atomic E-state index is 12.1. The molecule has 0 saturated heterocycles. The van der Waals surface area contributed by atoms with E-state index in [0.717, 1.165) is 46.1 Å². The molecule has 1 heterocycles. The Balaban J connectivity index is 1.88. The van der Waals surface area contributed by atoms with Gasteiger partial charge in [-0.05, 0) is 58.6 Å². The highest BCUT2D eigenvalue weighted by molar-refractivity contribution is 6.05. The molecule has 0 bridgehead atoms. The lowest BCUT2D eigenvalue weighted by Gasteiger charge is -2.26. The molecule has 1 aromatic heterocycles. The Labute approximate surface area is 172 Å². The van der Waals surface area contributed by atoms with Crippen LogP contribution in [0.4, 0.5) is 0 Å². The fourth-order valence-corrected chi connectivity index (χ4v) is 4.26. The van der Waals surface area contributed by atoms with Crippen LogP contribution in [0.1, 0.15) is 66.9 Å². The van der Waals surface area contributed by atoms with Gasteiger partial charge in [0.25, 0.3) is 0 Å². The third-order valence-electron chi connectivity index (χ3n) is 5.75. The zero-order valence-corrected chi connectivity index (χ0v) is 17.5. The number of pyridine rings is 1. The van der Waals surface area contributed by atoms with Gasteiger partial charge >= 0.3 is 5.97 Å². The zero-order chi connectivity index (χ0) is 20.8. The quantitative estimate of drug-likeness (QED) is 0.559. The maximum Gasteiger partial charge on any atom is 0.336 e. The summed E-state index contributed by atoms with van der Waals surface area (Å²) in [6.45, 7) is 8.81. The Morgan fingerprint density at radius 3 is 2.41 bits per heavy atom. The minimum atomic E-state index is -0.872. The molecule has 2 aromatic carbocycles. The summed E-state index contributed by atoms with van der Waals surface area (Å²) in [4.78, 5) is 17.0. The second-order valence-corrected chi connectivity index (χ2v) is 9.19. The zero-order valence-electron chi connectivity index (χ0n) is 17.5. The third kappa shape index (κ3) is 3.69. The number of benzene rings is 2. The highest BCUT2D eigenvalue weighted by Gasteiger charge is 2.27. The number of hydrogen-bond donors (Lipinski definition) is 1. The van der Waals surface area contributed by atoms with Gasteiger partial charge in [0, 0.05) is 5.39 Å². The van der Waals surface area contributed by atoms with Crippen LogP contribution in [0.2, 0.25) is 0 Å². The van der Waals surface area contributed by atoms with Gasteiger partial charge in [0.15, 0.2) is 0 Å². The molecule has 0 aliphatic heterocycles.